The number of nitrogens with one attached hydrogen (secondary N) is 1. The van der Waals surface area contributed by atoms with Crippen LogP contribution in [0.15, 0.2) is 60.9 Å². The van der Waals surface area contributed by atoms with Crippen LogP contribution in [-0.2, 0) is 11.2 Å². The number of halogens is 1. The second kappa shape index (κ2) is 9.77. The number of rotatable bonds is 6. The van der Waals surface area contributed by atoms with Gasteiger partial charge in [-0.15, -0.1) is 0 Å². The van der Waals surface area contributed by atoms with E-state index in [1.54, 1.807) is 35.5 Å². The molecule has 166 valence electrons. The molecule has 1 saturated heterocycles. The number of hydrogen-bond donors (Lipinski definition) is 1. The molecule has 3 aromatic rings. The Morgan fingerprint density at radius 2 is 2.03 bits per heavy atom. The van der Waals surface area contributed by atoms with Gasteiger partial charge in [0.15, 0.2) is 5.82 Å². The Balaban J connectivity index is 1.59. The van der Waals surface area contributed by atoms with Gasteiger partial charge in [-0.3, -0.25) is 9.59 Å². The number of aromatic nitrogens is 2. The minimum absolute atomic E-state index is 0.0536. The summed E-state index contributed by atoms with van der Waals surface area (Å²) in [7, 11) is 0. The predicted molar refractivity (Wildman–Crippen MR) is 120 cm³/mol. The predicted octanol–water partition coefficient (Wildman–Crippen LogP) is 3.77. The molecule has 0 spiro atoms. The molecule has 1 aliphatic rings. The van der Waals surface area contributed by atoms with E-state index in [0.717, 1.165) is 17.5 Å². The molecule has 2 amide bonds. The highest BCUT2D eigenvalue weighted by molar-refractivity contribution is 5.91. The van der Waals surface area contributed by atoms with Gasteiger partial charge in [0, 0.05) is 44.1 Å². The number of imidazole rings is 1. The summed E-state index contributed by atoms with van der Waals surface area (Å²) in [6, 6.07) is 14.3. The minimum atomic E-state index is -0.376. The zero-order valence-corrected chi connectivity index (χ0v) is 18.1. The first-order valence-electron chi connectivity index (χ1n) is 11.0. The first kappa shape index (κ1) is 21.7. The Kier molecular flexibility index (Phi) is 6.63. The van der Waals surface area contributed by atoms with Gasteiger partial charge in [-0.05, 0) is 30.0 Å². The Bertz CT molecular complexity index is 1080. The highest BCUT2D eigenvalue weighted by atomic mass is 19.1. The second-order valence-corrected chi connectivity index (χ2v) is 8.10. The third-order valence-electron chi connectivity index (χ3n) is 5.82. The average molecular weight is 435 g/mol. The van der Waals surface area contributed by atoms with E-state index in [2.05, 4.69) is 9.97 Å². The molecule has 32 heavy (non-hydrogen) atoms. The fourth-order valence-corrected chi connectivity index (χ4v) is 4.25. The van der Waals surface area contributed by atoms with Crippen molar-refractivity contribution in [2.24, 2.45) is 5.92 Å². The average Bonchev–Trinajstić information content (AvgIpc) is 3.30. The molecule has 6 nitrogen and oxygen atoms in total. The summed E-state index contributed by atoms with van der Waals surface area (Å²) in [6.45, 7) is 3.99. The van der Waals surface area contributed by atoms with Crippen LogP contribution in [0, 0.1) is 11.7 Å². The van der Waals surface area contributed by atoms with E-state index in [-0.39, 0.29) is 29.4 Å². The van der Waals surface area contributed by atoms with Crippen LogP contribution in [0.3, 0.4) is 0 Å². The summed E-state index contributed by atoms with van der Waals surface area (Å²) in [5, 5.41) is 0. The molecule has 1 aliphatic heterocycles. The molecule has 1 atom stereocenters. The molecular formula is C25H27FN4O2. The fraction of sp³-hybridized carbons (Fsp3) is 0.320. The number of hydrogen-bond acceptors (Lipinski definition) is 3. The van der Waals surface area contributed by atoms with Crippen LogP contribution in [0.2, 0.25) is 0 Å². The molecule has 0 saturated carbocycles. The summed E-state index contributed by atoms with van der Waals surface area (Å²) >= 11 is 0. The fourth-order valence-electron chi connectivity index (χ4n) is 4.25. The number of H-pyrrole nitrogens is 1. The van der Waals surface area contributed by atoms with Crippen molar-refractivity contribution < 1.29 is 14.0 Å². The Labute approximate surface area is 187 Å². The molecule has 1 N–H and O–H groups in total. The van der Waals surface area contributed by atoms with Crippen molar-refractivity contribution in [3.05, 3.63) is 78.1 Å². The summed E-state index contributed by atoms with van der Waals surface area (Å²) in [6.07, 6.45) is 4.49. The van der Waals surface area contributed by atoms with Gasteiger partial charge in [-0.1, -0.05) is 49.4 Å². The van der Waals surface area contributed by atoms with Crippen LogP contribution in [-0.4, -0.2) is 57.8 Å². The molecule has 1 fully saturated rings. The molecule has 0 unspecified atom stereocenters. The summed E-state index contributed by atoms with van der Waals surface area (Å²) < 4.78 is 14.3. The third kappa shape index (κ3) is 4.72. The van der Waals surface area contributed by atoms with Gasteiger partial charge in [0.05, 0.1) is 5.92 Å². The number of carbonyl (C=O) groups is 2. The number of nitrogens with zero attached hydrogens (tertiary/aromatic N) is 3. The SMILES string of the molecule is CCCN1CCN(C(=O)c2ncc[nH]2)C[C@H](Cc2cccc(-c3ccccc3F)c2)C1=O. The largest absolute Gasteiger partial charge is 0.341 e. The van der Waals surface area contributed by atoms with Gasteiger partial charge in [0.25, 0.3) is 5.91 Å². The van der Waals surface area contributed by atoms with Crippen LogP contribution in [0.4, 0.5) is 4.39 Å². The molecule has 2 aromatic carbocycles. The van der Waals surface area contributed by atoms with Crippen LogP contribution in [0.25, 0.3) is 11.1 Å². The maximum atomic E-state index is 14.3. The first-order valence-corrected chi connectivity index (χ1v) is 11.0. The van der Waals surface area contributed by atoms with Crippen LogP contribution < -0.4 is 0 Å². The maximum absolute atomic E-state index is 14.3. The van der Waals surface area contributed by atoms with Gasteiger partial charge in [0.1, 0.15) is 5.82 Å². The van der Waals surface area contributed by atoms with Crippen molar-refractivity contribution in [2.75, 3.05) is 26.2 Å². The lowest BCUT2D eigenvalue weighted by molar-refractivity contribution is -0.134. The molecular weight excluding hydrogens is 407 g/mol. The van der Waals surface area contributed by atoms with E-state index in [4.69, 9.17) is 0 Å². The Morgan fingerprint density at radius 3 is 2.78 bits per heavy atom. The molecule has 0 bridgehead atoms. The maximum Gasteiger partial charge on any atom is 0.289 e. The highest BCUT2D eigenvalue weighted by Crippen LogP contribution is 2.25. The molecule has 0 radical (unpaired) electrons. The quantitative estimate of drug-likeness (QED) is 0.642. The number of amides is 2. The molecule has 2 heterocycles. The van der Waals surface area contributed by atoms with E-state index in [9.17, 15) is 14.0 Å². The lowest BCUT2D eigenvalue weighted by Gasteiger charge is -2.23. The van der Waals surface area contributed by atoms with Gasteiger partial charge >= 0.3 is 0 Å². The standard InChI is InChI=1S/C25H27FN4O2/c1-2-12-29-13-14-30(25(32)23-27-10-11-28-23)17-20(24(29)31)16-18-6-5-7-19(15-18)21-8-3-4-9-22(21)26/h3-11,15,20H,2,12-14,16-17H2,1H3,(H,27,28)/t20-/m0/s1. The van der Waals surface area contributed by atoms with E-state index < -0.39 is 0 Å². The lowest BCUT2D eigenvalue weighted by Crippen LogP contribution is -2.38. The highest BCUT2D eigenvalue weighted by Gasteiger charge is 2.33. The van der Waals surface area contributed by atoms with Crippen molar-refractivity contribution in [3.63, 3.8) is 0 Å². The summed E-state index contributed by atoms with van der Waals surface area (Å²) in [5.74, 6) is -0.524. The summed E-state index contributed by atoms with van der Waals surface area (Å²) in [4.78, 5) is 36.7. The first-order chi connectivity index (χ1) is 15.6. The molecule has 1 aromatic heterocycles. The molecule has 7 heteroatoms. The van der Waals surface area contributed by atoms with Crippen LogP contribution in [0.1, 0.15) is 29.5 Å². The van der Waals surface area contributed by atoms with E-state index >= 15 is 0 Å². The van der Waals surface area contributed by atoms with Gasteiger partial charge < -0.3 is 14.8 Å². The zero-order chi connectivity index (χ0) is 22.5. The molecule has 4 rings (SSSR count). The van der Waals surface area contributed by atoms with Crippen molar-refractivity contribution in [3.8, 4) is 11.1 Å². The minimum Gasteiger partial charge on any atom is -0.341 e. The van der Waals surface area contributed by atoms with Gasteiger partial charge in [-0.2, -0.15) is 0 Å². The van der Waals surface area contributed by atoms with Crippen molar-refractivity contribution in [1.29, 1.82) is 0 Å². The van der Waals surface area contributed by atoms with E-state index in [1.165, 1.54) is 6.07 Å². The normalized spacial score (nSPS) is 16.8. The number of carbonyl (C=O) groups excluding carboxylic acids is 2. The topological polar surface area (TPSA) is 69.3 Å². The zero-order valence-electron chi connectivity index (χ0n) is 18.1. The molecule has 0 aliphatic carbocycles. The van der Waals surface area contributed by atoms with E-state index in [1.807, 2.05) is 36.1 Å². The van der Waals surface area contributed by atoms with Gasteiger partial charge in [0.2, 0.25) is 5.91 Å². The Morgan fingerprint density at radius 1 is 1.19 bits per heavy atom. The third-order valence-corrected chi connectivity index (χ3v) is 5.82. The van der Waals surface area contributed by atoms with E-state index in [0.29, 0.717) is 38.2 Å². The summed E-state index contributed by atoms with van der Waals surface area (Å²) in [5.41, 5.74) is 2.24. The lowest BCUT2D eigenvalue weighted by atomic mass is 9.94. The van der Waals surface area contributed by atoms with Crippen LogP contribution in [0.5, 0.6) is 0 Å². The van der Waals surface area contributed by atoms with Crippen molar-refractivity contribution in [2.45, 2.75) is 19.8 Å². The second-order valence-electron chi connectivity index (χ2n) is 8.10. The monoisotopic (exact) mass is 434 g/mol. The van der Waals surface area contributed by atoms with Crippen molar-refractivity contribution >= 4 is 11.8 Å². The smallest absolute Gasteiger partial charge is 0.289 e. The Hall–Kier alpha value is -3.48. The van der Waals surface area contributed by atoms with Crippen molar-refractivity contribution in [1.82, 2.24) is 19.8 Å². The van der Waals surface area contributed by atoms with Gasteiger partial charge in [-0.25, -0.2) is 9.37 Å². The number of benzene rings is 2. The number of aromatic amines is 1. The van der Waals surface area contributed by atoms with Crippen LogP contribution >= 0.6 is 0 Å².